The van der Waals surface area contributed by atoms with Crippen LogP contribution in [-0.4, -0.2) is 34.5 Å². The molecule has 0 aliphatic carbocycles. The van der Waals surface area contributed by atoms with E-state index in [1.165, 1.54) is 24.3 Å². The molecule has 0 aromatic heterocycles. The van der Waals surface area contributed by atoms with Crippen molar-refractivity contribution < 1.29 is 33.7 Å². The molecule has 8 heteroatoms. The van der Waals surface area contributed by atoms with E-state index in [1.807, 2.05) is 0 Å². The van der Waals surface area contributed by atoms with Crippen LogP contribution in [0.5, 0.6) is 5.75 Å². The first-order valence-corrected chi connectivity index (χ1v) is 8.63. The van der Waals surface area contributed by atoms with Crippen molar-refractivity contribution in [3.05, 3.63) is 59.4 Å². The summed E-state index contributed by atoms with van der Waals surface area (Å²) >= 11 is 0. The van der Waals surface area contributed by atoms with Crippen molar-refractivity contribution in [1.29, 1.82) is 0 Å². The molecule has 1 atom stereocenters. The van der Waals surface area contributed by atoms with Crippen molar-refractivity contribution in [3.8, 4) is 5.75 Å². The van der Waals surface area contributed by atoms with Gasteiger partial charge in [0, 0.05) is 12.1 Å². The monoisotopic (exact) mass is 391 g/mol. The van der Waals surface area contributed by atoms with Gasteiger partial charge >= 0.3 is 12.1 Å². The molecular formula is C20H22FNO6. The number of ether oxygens (including phenoxy) is 2. The topological polar surface area (TPSA) is 105 Å². The first-order chi connectivity index (χ1) is 13.2. The number of phenolic OH excluding ortho intramolecular Hbond substituents is 1. The Kier molecular flexibility index (Phi) is 7.34. The third-order valence-electron chi connectivity index (χ3n) is 3.72. The fourth-order valence-corrected chi connectivity index (χ4v) is 2.43. The zero-order valence-corrected chi connectivity index (χ0v) is 15.5. The summed E-state index contributed by atoms with van der Waals surface area (Å²) in [5.74, 6) is -1.69. The van der Waals surface area contributed by atoms with E-state index >= 15 is 0 Å². The Morgan fingerprint density at radius 2 is 1.82 bits per heavy atom. The van der Waals surface area contributed by atoms with E-state index in [4.69, 9.17) is 9.47 Å². The fraction of sp³-hybridized carbons (Fsp3) is 0.300. The minimum atomic E-state index is -1.20. The minimum Gasteiger partial charge on any atom is -0.508 e. The van der Waals surface area contributed by atoms with Gasteiger partial charge in [-0.15, -0.1) is 0 Å². The second kappa shape index (κ2) is 9.70. The number of nitrogens with one attached hydrogen (secondary N) is 1. The Hall–Kier alpha value is -3.13. The van der Waals surface area contributed by atoms with Gasteiger partial charge in [0.25, 0.3) is 0 Å². The average Bonchev–Trinajstić information content (AvgIpc) is 2.63. The Morgan fingerprint density at radius 1 is 1.14 bits per heavy atom. The van der Waals surface area contributed by atoms with Crippen LogP contribution in [0.3, 0.4) is 0 Å². The molecule has 2 rings (SSSR count). The summed E-state index contributed by atoms with van der Waals surface area (Å²) in [7, 11) is 0. The zero-order valence-electron chi connectivity index (χ0n) is 15.5. The Bertz CT molecular complexity index is 822. The quantitative estimate of drug-likeness (QED) is 0.634. The Balaban J connectivity index is 2.00. The van der Waals surface area contributed by atoms with Crippen molar-refractivity contribution in [2.75, 3.05) is 5.32 Å². The molecule has 0 saturated heterocycles. The predicted octanol–water partition coefficient (Wildman–Crippen LogP) is 3.70. The number of carbonyl (C=O) groups is 2. The van der Waals surface area contributed by atoms with Gasteiger partial charge in [0.1, 0.15) is 18.2 Å². The van der Waals surface area contributed by atoms with Crippen molar-refractivity contribution in [1.82, 2.24) is 0 Å². The molecule has 0 aliphatic rings. The molecule has 150 valence electrons. The van der Waals surface area contributed by atoms with Gasteiger partial charge in [-0.1, -0.05) is 12.1 Å². The maximum Gasteiger partial charge on any atom is 0.411 e. The molecular weight excluding hydrogens is 369 g/mol. The summed E-state index contributed by atoms with van der Waals surface area (Å²) in [6.07, 6.45) is -2.47. The number of hydrogen-bond donors (Lipinski definition) is 3. The Labute approximate surface area is 161 Å². The minimum absolute atomic E-state index is 0.0104. The molecule has 0 saturated carbocycles. The highest BCUT2D eigenvalue weighted by atomic mass is 19.1. The number of rotatable bonds is 8. The number of halogens is 1. The van der Waals surface area contributed by atoms with E-state index in [0.29, 0.717) is 5.56 Å². The van der Waals surface area contributed by atoms with Crippen LogP contribution in [0.1, 0.15) is 25.0 Å². The van der Waals surface area contributed by atoms with E-state index < -0.39 is 24.0 Å². The summed E-state index contributed by atoms with van der Waals surface area (Å²) in [6, 6.07) is 10.00. The third-order valence-corrected chi connectivity index (χ3v) is 3.72. The predicted molar refractivity (Wildman–Crippen MR) is 99.7 cm³/mol. The lowest BCUT2D eigenvalue weighted by molar-refractivity contribution is -0.153. The van der Waals surface area contributed by atoms with E-state index in [-0.39, 0.29) is 36.1 Å². The molecule has 0 fully saturated rings. The van der Waals surface area contributed by atoms with E-state index in [0.717, 1.165) is 6.07 Å². The van der Waals surface area contributed by atoms with Crippen LogP contribution in [0.15, 0.2) is 42.5 Å². The fourth-order valence-electron chi connectivity index (χ4n) is 2.43. The Morgan fingerprint density at radius 3 is 2.43 bits per heavy atom. The van der Waals surface area contributed by atoms with Crippen molar-refractivity contribution >= 4 is 17.7 Å². The number of carboxylic acids is 1. The molecule has 0 aliphatic heterocycles. The summed E-state index contributed by atoms with van der Waals surface area (Å²) in [4.78, 5) is 23.2. The number of aliphatic carboxylic acids is 1. The van der Waals surface area contributed by atoms with Gasteiger partial charge in [0.15, 0.2) is 6.10 Å². The number of amides is 1. The maximum absolute atomic E-state index is 14.1. The van der Waals surface area contributed by atoms with Crippen LogP contribution in [-0.2, 0) is 27.3 Å². The van der Waals surface area contributed by atoms with Gasteiger partial charge in [-0.05, 0) is 55.3 Å². The van der Waals surface area contributed by atoms with Gasteiger partial charge < -0.3 is 19.7 Å². The molecule has 28 heavy (non-hydrogen) atoms. The van der Waals surface area contributed by atoms with E-state index in [9.17, 15) is 24.2 Å². The number of anilines is 1. The first-order valence-electron chi connectivity index (χ1n) is 8.63. The number of hydrogen-bond acceptors (Lipinski definition) is 5. The molecule has 0 bridgehead atoms. The van der Waals surface area contributed by atoms with Gasteiger partial charge in [-0.3, -0.25) is 5.32 Å². The molecule has 1 unspecified atom stereocenters. The summed E-state index contributed by atoms with van der Waals surface area (Å²) in [5.41, 5.74) is 1.05. The standard InChI is InChI=1S/C20H22FNO6/c1-12(2)28-18(19(24)25)10-14-9-15(5-8-17(14)21)22-20(26)27-11-13-3-6-16(23)7-4-13/h3-9,12,18,23H,10-11H2,1-2H3,(H,22,26)(H,24,25). The number of benzene rings is 2. The number of carbonyl (C=O) groups excluding carboxylic acids is 1. The SMILES string of the molecule is CC(C)OC(Cc1cc(NC(=O)OCc2ccc(O)cc2)ccc1F)C(=O)O. The van der Waals surface area contributed by atoms with E-state index in [1.54, 1.807) is 26.0 Å². The number of phenols is 1. The largest absolute Gasteiger partial charge is 0.508 e. The van der Waals surface area contributed by atoms with Gasteiger partial charge in [-0.2, -0.15) is 0 Å². The molecule has 7 nitrogen and oxygen atoms in total. The highest BCUT2D eigenvalue weighted by molar-refractivity contribution is 5.84. The van der Waals surface area contributed by atoms with Crippen molar-refractivity contribution in [2.45, 2.75) is 39.1 Å². The molecule has 1 amide bonds. The third kappa shape index (κ3) is 6.55. The lowest BCUT2D eigenvalue weighted by Gasteiger charge is -2.17. The van der Waals surface area contributed by atoms with Crippen LogP contribution < -0.4 is 5.32 Å². The van der Waals surface area contributed by atoms with Gasteiger partial charge in [-0.25, -0.2) is 14.0 Å². The molecule has 0 radical (unpaired) electrons. The van der Waals surface area contributed by atoms with Crippen molar-refractivity contribution in [3.63, 3.8) is 0 Å². The van der Waals surface area contributed by atoms with Crippen molar-refractivity contribution in [2.24, 2.45) is 0 Å². The second-order valence-electron chi connectivity index (χ2n) is 6.39. The molecule has 2 aromatic carbocycles. The highest BCUT2D eigenvalue weighted by Gasteiger charge is 2.22. The number of carboxylic acid groups (broad SMARTS) is 1. The van der Waals surface area contributed by atoms with Crippen LogP contribution in [0.25, 0.3) is 0 Å². The molecule has 0 spiro atoms. The molecule has 0 heterocycles. The lowest BCUT2D eigenvalue weighted by Crippen LogP contribution is -2.29. The van der Waals surface area contributed by atoms with E-state index in [2.05, 4.69) is 5.32 Å². The lowest BCUT2D eigenvalue weighted by atomic mass is 10.1. The maximum atomic E-state index is 14.1. The summed E-state index contributed by atoms with van der Waals surface area (Å²) in [6.45, 7) is 3.37. The molecule has 2 aromatic rings. The van der Waals surface area contributed by atoms with Crippen LogP contribution in [0, 0.1) is 5.82 Å². The number of aromatic hydroxyl groups is 1. The second-order valence-corrected chi connectivity index (χ2v) is 6.39. The normalized spacial score (nSPS) is 11.9. The summed E-state index contributed by atoms with van der Waals surface area (Å²) in [5, 5.41) is 20.9. The average molecular weight is 391 g/mol. The van der Waals surface area contributed by atoms with Gasteiger partial charge in [0.05, 0.1) is 6.10 Å². The first kappa shape index (κ1) is 21.2. The highest BCUT2D eigenvalue weighted by Crippen LogP contribution is 2.19. The van der Waals surface area contributed by atoms with Crippen LogP contribution in [0.4, 0.5) is 14.9 Å². The van der Waals surface area contributed by atoms with Crippen LogP contribution >= 0.6 is 0 Å². The smallest absolute Gasteiger partial charge is 0.411 e. The molecule has 3 N–H and O–H groups in total. The van der Waals surface area contributed by atoms with Gasteiger partial charge in [0.2, 0.25) is 0 Å². The summed E-state index contributed by atoms with van der Waals surface area (Å²) < 4.78 is 24.4. The zero-order chi connectivity index (χ0) is 20.7. The van der Waals surface area contributed by atoms with Crippen LogP contribution in [0.2, 0.25) is 0 Å².